The summed E-state index contributed by atoms with van der Waals surface area (Å²) in [4.78, 5) is 43.6. The average molecular weight is 569 g/mol. The lowest BCUT2D eigenvalue weighted by molar-refractivity contribution is -0.130. The molecule has 218 valence electrons. The van der Waals surface area contributed by atoms with E-state index in [1.807, 2.05) is 91.0 Å². The van der Waals surface area contributed by atoms with Crippen LogP contribution in [-0.4, -0.2) is 45.5 Å². The molecule has 0 bridgehead atoms. The van der Waals surface area contributed by atoms with E-state index in [2.05, 4.69) is 20.9 Å². The number of benzene rings is 3. The topological polar surface area (TPSA) is 140 Å². The van der Waals surface area contributed by atoms with Gasteiger partial charge >= 0.3 is 0 Å². The third kappa shape index (κ3) is 8.60. The lowest BCUT2D eigenvalue weighted by Crippen LogP contribution is -2.56. The minimum absolute atomic E-state index is 0.0855. The Morgan fingerprint density at radius 1 is 0.881 bits per heavy atom. The minimum atomic E-state index is -1.20. The van der Waals surface area contributed by atoms with Crippen molar-refractivity contribution >= 4 is 23.5 Å². The van der Waals surface area contributed by atoms with Crippen molar-refractivity contribution in [3.8, 4) is 0 Å². The maximum absolute atomic E-state index is 13.4. The Balaban J connectivity index is 1.47. The summed E-state index contributed by atoms with van der Waals surface area (Å²) < 4.78 is 7.39. The first-order valence-corrected chi connectivity index (χ1v) is 13.6. The van der Waals surface area contributed by atoms with E-state index in [-0.39, 0.29) is 24.9 Å². The van der Waals surface area contributed by atoms with Gasteiger partial charge in [0.25, 0.3) is 5.91 Å². The number of rotatable bonds is 13. The summed E-state index contributed by atoms with van der Waals surface area (Å²) in [7, 11) is 0. The highest BCUT2D eigenvalue weighted by Gasteiger charge is 2.29. The van der Waals surface area contributed by atoms with Gasteiger partial charge in [-0.15, -0.1) is 0 Å². The van der Waals surface area contributed by atoms with Crippen molar-refractivity contribution in [3.63, 3.8) is 0 Å². The van der Waals surface area contributed by atoms with Gasteiger partial charge in [-0.1, -0.05) is 91.0 Å². The highest BCUT2D eigenvalue weighted by atomic mass is 16.5. The Morgan fingerprint density at radius 3 is 2.10 bits per heavy atom. The summed E-state index contributed by atoms with van der Waals surface area (Å²) in [5, 5.41) is 8.39. The standard InChI is InChI=1S/C32H36N6O4/c1-32(2,33)31(41)36-26(21-42-20-24-14-8-4-9-15-24)29(39)37-27-19-38(22-35-27)28(25-16-10-5-11-17-25)30(40)34-18-23-12-6-3-7-13-23/h3-17,19,22,26,28H,18,20-21,33H2,1-2H3,(H,34,40)(H,36,41)(H,37,39). The Bertz CT molecular complexity index is 1450. The second-order valence-electron chi connectivity index (χ2n) is 10.5. The molecule has 0 radical (unpaired) electrons. The predicted molar refractivity (Wildman–Crippen MR) is 160 cm³/mol. The largest absolute Gasteiger partial charge is 0.374 e. The number of carbonyl (C=O) groups excluding carboxylic acids is 3. The lowest BCUT2D eigenvalue weighted by atomic mass is 10.1. The van der Waals surface area contributed by atoms with Crippen LogP contribution in [0.5, 0.6) is 0 Å². The molecule has 0 saturated carbocycles. The van der Waals surface area contributed by atoms with Gasteiger partial charge in [0.2, 0.25) is 11.8 Å². The number of anilines is 1. The SMILES string of the molecule is CC(C)(N)C(=O)NC(COCc1ccccc1)C(=O)Nc1cn(C(C(=O)NCc2ccccc2)c2ccccc2)cn1. The molecule has 5 N–H and O–H groups in total. The van der Waals surface area contributed by atoms with Gasteiger partial charge in [0, 0.05) is 12.7 Å². The van der Waals surface area contributed by atoms with Gasteiger partial charge in [0.15, 0.2) is 5.82 Å². The summed E-state index contributed by atoms with van der Waals surface area (Å²) in [5.41, 5.74) is 7.40. The van der Waals surface area contributed by atoms with Gasteiger partial charge < -0.3 is 31.0 Å². The molecule has 0 aliphatic carbocycles. The van der Waals surface area contributed by atoms with Gasteiger partial charge in [-0.25, -0.2) is 4.98 Å². The number of nitrogens with zero attached hydrogens (tertiary/aromatic N) is 2. The number of hydrogen-bond donors (Lipinski definition) is 4. The van der Waals surface area contributed by atoms with E-state index < -0.39 is 29.4 Å². The highest BCUT2D eigenvalue weighted by Crippen LogP contribution is 2.21. The molecule has 0 aliphatic heterocycles. The maximum atomic E-state index is 13.4. The van der Waals surface area contributed by atoms with Gasteiger partial charge in [0.05, 0.1) is 25.1 Å². The third-order valence-corrected chi connectivity index (χ3v) is 6.43. The number of nitrogens with one attached hydrogen (secondary N) is 3. The second-order valence-corrected chi connectivity index (χ2v) is 10.5. The Labute approximate surface area is 245 Å². The quantitative estimate of drug-likeness (QED) is 0.195. The summed E-state index contributed by atoms with van der Waals surface area (Å²) in [6, 6.07) is 26.7. The monoisotopic (exact) mass is 568 g/mol. The zero-order valence-electron chi connectivity index (χ0n) is 23.7. The van der Waals surface area contributed by atoms with Crippen LogP contribution in [0.4, 0.5) is 5.82 Å². The van der Waals surface area contributed by atoms with E-state index in [4.69, 9.17) is 10.5 Å². The van der Waals surface area contributed by atoms with Crippen LogP contribution in [0.15, 0.2) is 104 Å². The van der Waals surface area contributed by atoms with Crippen LogP contribution in [0.2, 0.25) is 0 Å². The van der Waals surface area contributed by atoms with Crippen molar-refractivity contribution in [1.82, 2.24) is 20.2 Å². The van der Waals surface area contributed by atoms with Crippen LogP contribution in [0, 0.1) is 0 Å². The van der Waals surface area contributed by atoms with Crippen LogP contribution in [0.3, 0.4) is 0 Å². The Kier molecular flexibility index (Phi) is 10.2. The highest BCUT2D eigenvalue weighted by molar-refractivity contribution is 5.98. The summed E-state index contributed by atoms with van der Waals surface area (Å²) in [6.45, 7) is 3.64. The van der Waals surface area contributed by atoms with E-state index in [1.54, 1.807) is 24.6 Å². The predicted octanol–water partition coefficient (Wildman–Crippen LogP) is 3.17. The first-order chi connectivity index (χ1) is 20.2. The van der Waals surface area contributed by atoms with Crippen molar-refractivity contribution in [2.75, 3.05) is 11.9 Å². The minimum Gasteiger partial charge on any atom is -0.374 e. The maximum Gasteiger partial charge on any atom is 0.250 e. The van der Waals surface area contributed by atoms with Crippen LogP contribution in [0.25, 0.3) is 0 Å². The van der Waals surface area contributed by atoms with Gasteiger partial charge in [-0.3, -0.25) is 14.4 Å². The summed E-state index contributed by atoms with van der Waals surface area (Å²) >= 11 is 0. The molecule has 0 fully saturated rings. The van der Waals surface area contributed by atoms with Crippen LogP contribution in [-0.2, 0) is 32.3 Å². The lowest BCUT2D eigenvalue weighted by Gasteiger charge is -2.23. The second kappa shape index (κ2) is 14.2. The summed E-state index contributed by atoms with van der Waals surface area (Å²) in [6.07, 6.45) is 3.06. The number of aromatic nitrogens is 2. The molecule has 10 heteroatoms. The van der Waals surface area contributed by atoms with Crippen molar-refractivity contribution in [2.24, 2.45) is 5.73 Å². The smallest absolute Gasteiger partial charge is 0.250 e. The molecule has 2 unspecified atom stereocenters. The molecule has 42 heavy (non-hydrogen) atoms. The fourth-order valence-electron chi connectivity index (χ4n) is 4.13. The Morgan fingerprint density at radius 2 is 1.48 bits per heavy atom. The Hall–Kier alpha value is -4.80. The molecular formula is C32H36N6O4. The molecule has 4 rings (SSSR count). The number of nitrogens with two attached hydrogens (primary N) is 1. The molecule has 1 heterocycles. The molecule has 3 amide bonds. The number of imidazole rings is 1. The van der Waals surface area contributed by atoms with Gasteiger partial charge in [-0.2, -0.15) is 0 Å². The number of ether oxygens (including phenoxy) is 1. The molecule has 4 aromatic rings. The fourth-order valence-corrected chi connectivity index (χ4v) is 4.13. The molecule has 0 aliphatic rings. The molecule has 1 aromatic heterocycles. The number of hydrogen-bond acceptors (Lipinski definition) is 6. The third-order valence-electron chi connectivity index (χ3n) is 6.43. The van der Waals surface area contributed by atoms with E-state index in [1.165, 1.54) is 6.33 Å². The molecule has 2 atom stereocenters. The average Bonchev–Trinajstić information content (AvgIpc) is 3.44. The number of amides is 3. The van der Waals surface area contributed by atoms with Crippen LogP contribution in [0.1, 0.15) is 36.6 Å². The molecule has 0 spiro atoms. The van der Waals surface area contributed by atoms with Crippen molar-refractivity contribution in [3.05, 3.63) is 120 Å². The van der Waals surface area contributed by atoms with Crippen LogP contribution < -0.4 is 21.7 Å². The van der Waals surface area contributed by atoms with Crippen LogP contribution >= 0.6 is 0 Å². The molecule has 10 nitrogen and oxygen atoms in total. The fraction of sp³-hybridized carbons (Fsp3) is 0.250. The van der Waals surface area contributed by atoms with E-state index in [9.17, 15) is 14.4 Å². The first-order valence-electron chi connectivity index (χ1n) is 13.6. The summed E-state index contributed by atoms with van der Waals surface area (Å²) in [5.74, 6) is -1.05. The normalized spacial score (nSPS) is 12.6. The van der Waals surface area contributed by atoms with Crippen molar-refractivity contribution < 1.29 is 19.1 Å². The molecule has 0 saturated heterocycles. The van der Waals surface area contributed by atoms with Crippen molar-refractivity contribution in [2.45, 2.75) is 44.6 Å². The molecular weight excluding hydrogens is 532 g/mol. The van der Waals surface area contributed by atoms with E-state index in [0.717, 1.165) is 16.7 Å². The number of carbonyl (C=O) groups is 3. The van der Waals surface area contributed by atoms with Gasteiger partial charge in [0.1, 0.15) is 12.1 Å². The van der Waals surface area contributed by atoms with E-state index in [0.29, 0.717) is 6.54 Å². The molecule has 3 aromatic carbocycles. The van der Waals surface area contributed by atoms with Crippen molar-refractivity contribution in [1.29, 1.82) is 0 Å². The van der Waals surface area contributed by atoms with Gasteiger partial charge in [-0.05, 0) is 30.5 Å². The zero-order chi connectivity index (χ0) is 30.0. The first kappa shape index (κ1) is 30.2. The zero-order valence-corrected chi connectivity index (χ0v) is 23.7. The van der Waals surface area contributed by atoms with E-state index >= 15 is 0 Å².